The third-order valence-corrected chi connectivity index (χ3v) is 5.88. The van der Waals surface area contributed by atoms with E-state index in [0.717, 1.165) is 16.9 Å². The van der Waals surface area contributed by atoms with Crippen molar-refractivity contribution in [3.05, 3.63) is 94.8 Å². The molecule has 5 rings (SSSR count). The average molecular weight is 414 g/mol. The van der Waals surface area contributed by atoms with Crippen LogP contribution in [0.1, 0.15) is 5.56 Å². The Morgan fingerprint density at radius 1 is 0.933 bits per heavy atom. The standard InChI is InChI=1S/C23H19N5OS/c1-27(17-7-3-2-4-8-17)18-13-11-16(12-14-18)15-24-22-26-28-21(29)19-9-5-6-10-20(19)25-23(28)30-22/h2-14H,15H2,1H3,(H,24,26). The molecule has 0 fully saturated rings. The molecule has 0 bridgehead atoms. The number of benzene rings is 3. The Hall–Kier alpha value is -3.71. The fourth-order valence-corrected chi connectivity index (χ4v) is 4.14. The van der Waals surface area contributed by atoms with E-state index >= 15 is 0 Å². The van der Waals surface area contributed by atoms with Crippen molar-refractivity contribution in [2.45, 2.75) is 6.54 Å². The van der Waals surface area contributed by atoms with Crippen LogP contribution in [0.2, 0.25) is 0 Å². The first-order chi connectivity index (χ1) is 14.7. The molecule has 0 aliphatic rings. The van der Waals surface area contributed by atoms with Crippen molar-refractivity contribution in [2.75, 3.05) is 17.3 Å². The molecule has 1 N–H and O–H groups in total. The van der Waals surface area contributed by atoms with Crippen LogP contribution in [0.15, 0.2) is 83.7 Å². The van der Waals surface area contributed by atoms with Gasteiger partial charge in [0.15, 0.2) is 0 Å². The van der Waals surface area contributed by atoms with Gasteiger partial charge in [-0.05, 0) is 42.0 Å². The van der Waals surface area contributed by atoms with Gasteiger partial charge in [-0.25, -0.2) is 4.98 Å². The molecular formula is C23H19N5OS. The molecule has 0 saturated carbocycles. The number of aromatic nitrogens is 3. The van der Waals surface area contributed by atoms with E-state index in [0.29, 0.717) is 27.5 Å². The number of nitrogens with zero attached hydrogens (tertiary/aromatic N) is 4. The Morgan fingerprint density at radius 3 is 2.43 bits per heavy atom. The summed E-state index contributed by atoms with van der Waals surface area (Å²) in [4.78, 5) is 19.9. The van der Waals surface area contributed by atoms with Crippen molar-refractivity contribution in [3.63, 3.8) is 0 Å². The molecule has 5 aromatic rings. The van der Waals surface area contributed by atoms with Gasteiger partial charge in [0.1, 0.15) is 0 Å². The summed E-state index contributed by atoms with van der Waals surface area (Å²) in [6.07, 6.45) is 0. The zero-order valence-corrected chi connectivity index (χ0v) is 17.1. The number of nitrogens with one attached hydrogen (secondary N) is 1. The predicted octanol–water partition coefficient (Wildman–Crippen LogP) is 4.68. The molecule has 6 nitrogen and oxygen atoms in total. The van der Waals surface area contributed by atoms with Gasteiger partial charge in [-0.2, -0.15) is 4.52 Å². The van der Waals surface area contributed by atoms with Crippen molar-refractivity contribution in [1.29, 1.82) is 0 Å². The van der Waals surface area contributed by atoms with Crippen LogP contribution in [0, 0.1) is 0 Å². The second-order valence-electron chi connectivity index (χ2n) is 6.95. The molecular weight excluding hydrogens is 394 g/mol. The van der Waals surface area contributed by atoms with E-state index in [-0.39, 0.29) is 5.56 Å². The minimum atomic E-state index is -0.145. The van der Waals surface area contributed by atoms with Gasteiger partial charge in [0.25, 0.3) is 5.56 Å². The minimum absolute atomic E-state index is 0.145. The molecule has 3 aromatic carbocycles. The quantitative estimate of drug-likeness (QED) is 0.453. The van der Waals surface area contributed by atoms with Gasteiger partial charge in [-0.15, -0.1) is 5.10 Å². The van der Waals surface area contributed by atoms with Crippen LogP contribution in [0.3, 0.4) is 0 Å². The van der Waals surface area contributed by atoms with Gasteiger partial charge in [0.2, 0.25) is 10.1 Å². The van der Waals surface area contributed by atoms with E-state index in [4.69, 9.17) is 0 Å². The molecule has 2 heterocycles. The van der Waals surface area contributed by atoms with Crippen LogP contribution in [0.25, 0.3) is 15.9 Å². The highest BCUT2D eigenvalue weighted by Gasteiger charge is 2.10. The molecule has 0 saturated heterocycles. The Bertz CT molecular complexity index is 1380. The van der Waals surface area contributed by atoms with E-state index in [1.807, 2.05) is 36.4 Å². The van der Waals surface area contributed by atoms with Crippen LogP contribution in [-0.2, 0) is 6.54 Å². The van der Waals surface area contributed by atoms with E-state index in [2.05, 4.69) is 63.7 Å². The first kappa shape index (κ1) is 18.3. The lowest BCUT2D eigenvalue weighted by atomic mass is 10.2. The van der Waals surface area contributed by atoms with E-state index < -0.39 is 0 Å². The zero-order chi connectivity index (χ0) is 20.5. The van der Waals surface area contributed by atoms with E-state index in [1.165, 1.54) is 15.9 Å². The monoisotopic (exact) mass is 413 g/mol. The van der Waals surface area contributed by atoms with Crippen LogP contribution < -0.4 is 15.8 Å². The topological polar surface area (TPSA) is 62.5 Å². The highest BCUT2D eigenvalue weighted by molar-refractivity contribution is 7.20. The van der Waals surface area contributed by atoms with Gasteiger partial charge in [-0.3, -0.25) is 4.79 Å². The van der Waals surface area contributed by atoms with Crippen molar-refractivity contribution >= 4 is 43.7 Å². The number of rotatable bonds is 5. The van der Waals surface area contributed by atoms with Crippen LogP contribution in [-0.4, -0.2) is 21.6 Å². The highest BCUT2D eigenvalue weighted by Crippen LogP contribution is 2.24. The number of hydrogen-bond acceptors (Lipinski definition) is 6. The Labute approximate surface area is 177 Å². The number of anilines is 3. The summed E-state index contributed by atoms with van der Waals surface area (Å²) in [7, 11) is 2.05. The normalized spacial score (nSPS) is 11.1. The first-order valence-electron chi connectivity index (χ1n) is 9.59. The zero-order valence-electron chi connectivity index (χ0n) is 16.3. The Kier molecular flexibility index (Phi) is 4.65. The molecule has 0 aliphatic carbocycles. The van der Waals surface area contributed by atoms with Gasteiger partial charge < -0.3 is 10.2 Å². The van der Waals surface area contributed by atoms with Gasteiger partial charge in [-0.1, -0.05) is 53.8 Å². The average Bonchev–Trinajstić information content (AvgIpc) is 3.21. The van der Waals surface area contributed by atoms with Crippen molar-refractivity contribution in [1.82, 2.24) is 14.6 Å². The summed E-state index contributed by atoms with van der Waals surface area (Å²) in [6, 6.07) is 26.0. The summed E-state index contributed by atoms with van der Waals surface area (Å²) in [5.74, 6) is 0. The molecule has 0 spiro atoms. The third kappa shape index (κ3) is 3.40. The van der Waals surface area contributed by atoms with Crippen molar-refractivity contribution < 1.29 is 0 Å². The first-order valence-corrected chi connectivity index (χ1v) is 10.4. The lowest BCUT2D eigenvalue weighted by molar-refractivity contribution is 0.910. The number of hydrogen-bond donors (Lipinski definition) is 1. The molecule has 7 heteroatoms. The number of para-hydroxylation sites is 2. The fourth-order valence-electron chi connectivity index (χ4n) is 3.34. The molecule has 0 radical (unpaired) electrons. The second-order valence-corrected chi connectivity index (χ2v) is 7.91. The number of fused-ring (bicyclic) bond motifs is 2. The summed E-state index contributed by atoms with van der Waals surface area (Å²) in [5, 5.41) is 8.95. The van der Waals surface area contributed by atoms with Crippen molar-refractivity contribution in [2.24, 2.45) is 0 Å². The minimum Gasteiger partial charge on any atom is -0.356 e. The maximum Gasteiger partial charge on any atom is 0.283 e. The SMILES string of the molecule is CN(c1ccccc1)c1ccc(CNc2nn3c(=O)c4ccccc4nc3s2)cc1. The third-order valence-electron chi connectivity index (χ3n) is 5.01. The lowest BCUT2D eigenvalue weighted by Gasteiger charge is -2.19. The molecule has 0 amide bonds. The molecule has 0 unspecified atom stereocenters. The summed E-state index contributed by atoms with van der Waals surface area (Å²) < 4.78 is 1.37. The smallest absolute Gasteiger partial charge is 0.283 e. The molecule has 0 aliphatic heterocycles. The maximum absolute atomic E-state index is 12.6. The molecule has 0 atom stereocenters. The van der Waals surface area contributed by atoms with E-state index in [1.54, 1.807) is 6.07 Å². The summed E-state index contributed by atoms with van der Waals surface area (Å²) in [5.41, 5.74) is 3.93. The largest absolute Gasteiger partial charge is 0.356 e. The lowest BCUT2D eigenvalue weighted by Crippen LogP contribution is -2.15. The predicted molar refractivity (Wildman–Crippen MR) is 123 cm³/mol. The Balaban J connectivity index is 1.33. The molecule has 30 heavy (non-hydrogen) atoms. The van der Waals surface area contributed by atoms with Gasteiger partial charge >= 0.3 is 0 Å². The van der Waals surface area contributed by atoms with Crippen LogP contribution in [0.4, 0.5) is 16.5 Å². The summed E-state index contributed by atoms with van der Waals surface area (Å²) >= 11 is 1.37. The van der Waals surface area contributed by atoms with Gasteiger partial charge in [0.05, 0.1) is 10.9 Å². The maximum atomic E-state index is 12.6. The fraction of sp³-hybridized carbons (Fsp3) is 0.0870. The van der Waals surface area contributed by atoms with E-state index in [9.17, 15) is 4.79 Å². The van der Waals surface area contributed by atoms with Crippen molar-refractivity contribution in [3.8, 4) is 0 Å². The molecule has 148 valence electrons. The van der Waals surface area contributed by atoms with Gasteiger partial charge in [0, 0.05) is 25.0 Å². The highest BCUT2D eigenvalue weighted by atomic mass is 32.1. The van der Waals surface area contributed by atoms with Crippen LogP contribution >= 0.6 is 11.3 Å². The molecule has 2 aromatic heterocycles. The van der Waals surface area contributed by atoms with Crippen LogP contribution in [0.5, 0.6) is 0 Å². The summed E-state index contributed by atoms with van der Waals surface area (Å²) in [6.45, 7) is 0.615. The Morgan fingerprint density at radius 2 is 1.63 bits per heavy atom. The second kappa shape index (κ2) is 7.61.